The molecule has 0 unspecified atom stereocenters. The molecule has 4 aromatic rings. The summed E-state index contributed by atoms with van der Waals surface area (Å²) in [6.45, 7) is 0.232. The second-order valence-electron chi connectivity index (χ2n) is 5.09. The van der Waals surface area contributed by atoms with Crippen molar-refractivity contribution in [3.8, 4) is 0 Å². The normalized spacial score (nSPS) is 11.4. The predicted octanol–water partition coefficient (Wildman–Crippen LogP) is 4.11. The van der Waals surface area contributed by atoms with Crippen LogP contribution < -0.4 is 5.56 Å². The lowest BCUT2D eigenvalue weighted by Gasteiger charge is -2.02. The van der Waals surface area contributed by atoms with E-state index in [1.54, 1.807) is 12.1 Å². The van der Waals surface area contributed by atoms with Crippen LogP contribution in [0.4, 0.5) is 0 Å². The Morgan fingerprint density at radius 3 is 2.83 bits per heavy atom. The van der Waals surface area contributed by atoms with Gasteiger partial charge in [0.25, 0.3) is 5.56 Å². The molecule has 0 aliphatic rings. The zero-order valence-corrected chi connectivity index (χ0v) is 14.8. The minimum absolute atomic E-state index is 0.184. The maximum absolute atomic E-state index is 12.5. The SMILES string of the molecule is O=c1c2ccccc2nnn1Cc1cc2cc(Br)cc(Br)c2o1. The Kier molecular flexibility index (Phi) is 3.54. The molecule has 0 N–H and O–H groups in total. The maximum atomic E-state index is 12.5. The third kappa shape index (κ3) is 2.60. The highest BCUT2D eigenvalue weighted by atomic mass is 79.9. The van der Waals surface area contributed by atoms with Gasteiger partial charge in [-0.25, -0.2) is 4.68 Å². The van der Waals surface area contributed by atoms with Gasteiger partial charge in [-0.1, -0.05) is 33.3 Å². The smallest absolute Gasteiger partial charge is 0.278 e. The minimum atomic E-state index is -0.184. The molecule has 7 heteroatoms. The lowest BCUT2D eigenvalue weighted by molar-refractivity contribution is 0.488. The summed E-state index contributed by atoms with van der Waals surface area (Å²) in [5, 5.41) is 9.55. The summed E-state index contributed by atoms with van der Waals surface area (Å²) >= 11 is 6.92. The number of halogens is 2. The Labute approximate surface area is 147 Å². The third-order valence-electron chi connectivity index (χ3n) is 3.52. The highest BCUT2D eigenvalue weighted by Gasteiger charge is 2.11. The Hall–Kier alpha value is -1.99. The second-order valence-corrected chi connectivity index (χ2v) is 6.86. The number of nitrogens with zero attached hydrogens (tertiary/aromatic N) is 3. The predicted molar refractivity (Wildman–Crippen MR) is 94.5 cm³/mol. The number of fused-ring (bicyclic) bond motifs is 2. The highest BCUT2D eigenvalue weighted by molar-refractivity contribution is 9.11. The van der Waals surface area contributed by atoms with E-state index in [1.807, 2.05) is 30.3 Å². The molecule has 0 amide bonds. The number of rotatable bonds is 2. The molecule has 0 spiro atoms. The van der Waals surface area contributed by atoms with Crippen LogP contribution in [0.3, 0.4) is 0 Å². The van der Waals surface area contributed by atoms with Crippen molar-refractivity contribution in [3.63, 3.8) is 0 Å². The fraction of sp³-hybridized carbons (Fsp3) is 0.0625. The summed E-state index contributed by atoms with van der Waals surface area (Å²) in [6.07, 6.45) is 0. The third-order valence-corrected chi connectivity index (χ3v) is 4.57. The Balaban J connectivity index is 1.80. The first kappa shape index (κ1) is 14.6. The minimum Gasteiger partial charge on any atom is -0.458 e. The molecule has 2 heterocycles. The molecule has 0 aliphatic heterocycles. The van der Waals surface area contributed by atoms with E-state index in [-0.39, 0.29) is 12.1 Å². The molecule has 0 aliphatic carbocycles. The number of benzene rings is 2. The first-order valence-corrected chi connectivity index (χ1v) is 8.40. The van der Waals surface area contributed by atoms with Crippen molar-refractivity contribution in [2.75, 3.05) is 0 Å². The second kappa shape index (κ2) is 5.58. The summed E-state index contributed by atoms with van der Waals surface area (Å²) < 4.78 is 8.94. The van der Waals surface area contributed by atoms with Gasteiger partial charge in [-0.3, -0.25) is 4.79 Å². The molecule has 23 heavy (non-hydrogen) atoms. The van der Waals surface area contributed by atoms with Crippen LogP contribution in [0.2, 0.25) is 0 Å². The molecule has 0 fully saturated rings. The Bertz CT molecular complexity index is 1100. The molecule has 5 nitrogen and oxygen atoms in total. The van der Waals surface area contributed by atoms with Crippen LogP contribution in [-0.2, 0) is 6.54 Å². The van der Waals surface area contributed by atoms with Gasteiger partial charge in [0.15, 0.2) is 0 Å². The van der Waals surface area contributed by atoms with Crippen molar-refractivity contribution in [1.82, 2.24) is 15.0 Å². The van der Waals surface area contributed by atoms with Crippen LogP contribution in [0.15, 0.2) is 60.6 Å². The summed E-state index contributed by atoms with van der Waals surface area (Å²) in [4.78, 5) is 12.5. The van der Waals surface area contributed by atoms with Crippen molar-refractivity contribution >= 4 is 53.7 Å². The van der Waals surface area contributed by atoms with Gasteiger partial charge in [0.05, 0.1) is 9.86 Å². The topological polar surface area (TPSA) is 60.9 Å². The molecular formula is C16H9Br2N3O2. The number of hydrogen-bond acceptors (Lipinski definition) is 4. The van der Waals surface area contributed by atoms with Crippen molar-refractivity contribution in [2.24, 2.45) is 0 Å². The average Bonchev–Trinajstić information content (AvgIpc) is 2.93. The molecular weight excluding hydrogens is 426 g/mol. The number of hydrogen-bond donors (Lipinski definition) is 0. The average molecular weight is 435 g/mol. The molecule has 2 aromatic heterocycles. The van der Waals surface area contributed by atoms with Gasteiger partial charge in [0, 0.05) is 9.86 Å². The molecule has 4 rings (SSSR count). The van der Waals surface area contributed by atoms with Crippen LogP contribution in [0.5, 0.6) is 0 Å². The van der Waals surface area contributed by atoms with Gasteiger partial charge < -0.3 is 4.42 Å². The van der Waals surface area contributed by atoms with Gasteiger partial charge in [0.1, 0.15) is 23.4 Å². The fourth-order valence-corrected chi connectivity index (χ4v) is 3.82. The zero-order valence-electron chi connectivity index (χ0n) is 11.7. The first-order valence-electron chi connectivity index (χ1n) is 6.82. The molecule has 114 valence electrons. The van der Waals surface area contributed by atoms with Crippen LogP contribution >= 0.6 is 31.9 Å². The largest absolute Gasteiger partial charge is 0.458 e. The quantitative estimate of drug-likeness (QED) is 0.476. The van der Waals surface area contributed by atoms with Crippen molar-refractivity contribution in [3.05, 3.63) is 67.5 Å². The van der Waals surface area contributed by atoms with Gasteiger partial charge in [0.2, 0.25) is 0 Å². The monoisotopic (exact) mass is 433 g/mol. The van der Waals surface area contributed by atoms with E-state index in [9.17, 15) is 4.79 Å². The van der Waals surface area contributed by atoms with Crippen LogP contribution in [-0.4, -0.2) is 15.0 Å². The van der Waals surface area contributed by atoms with E-state index in [0.29, 0.717) is 16.7 Å². The van der Waals surface area contributed by atoms with Crippen molar-refractivity contribution in [2.45, 2.75) is 6.54 Å². The Morgan fingerprint density at radius 2 is 1.96 bits per heavy atom. The van der Waals surface area contributed by atoms with Gasteiger partial charge >= 0.3 is 0 Å². The maximum Gasteiger partial charge on any atom is 0.278 e. The summed E-state index contributed by atoms with van der Waals surface area (Å²) in [7, 11) is 0. The standard InChI is InChI=1S/C16H9Br2N3O2/c17-10-5-9-6-11(23-15(9)13(18)7-10)8-21-16(22)12-3-1-2-4-14(12)19-20-21/h1-7H,8H2. The molecule has 2 aromatic carbocycles. The van der Waals surface area contributed by atoms with Crippen LogP contribution in [0.25, 0.3) is 21.9 Å². The van der Waals surface area contributed by atoms with E-state index in [2.05, 4.69) is 42.2 Å². The van der Waals surface area contributed by atoms with E-state index in [0.717, 1.165) is 19.9 Å². The Morgan fingerprint density at radius 1 is 1.13 bits per heavy atom. The summed E-state index contributed by atoms with van der Waals surface area (Å²) in [6, 6.07) is 12.9. The van der Waals surface area contributed by atoms with Crippen LogP contribution in [0.1, 0.15) is 5.76 Å². The molecule has 0 saturated carbocycles. The van der Waals surface area contributed by atoms with E-state index >= 15 is 0 Å². The van der Waals surface area contributed by atoms with E-state index in [1.165, 1.54) is 4.68 Å². The van der Waals surface area contributed by atoms with Crippen molar-refractivity contribution in [1.29, 1.82) is 0 Å². The summed E-state index contributed by atoms with van der Waals surface area (Å²) in [5.74, 6) is 0.644. The zero-order chi connectivity index (χ0) is 16.0. The van der Waals surface area contributed by atoms with Gasteiger partial charge in [-0.2, -0.15) is 0 Å². The van der Waals surface area contributed by atoms with E-state index < -0.39 is 0 Å². The van der Waals surface area contributed by atoms with Crippen molar-refractivity contribution < 1.29 is 4.42 Å². The first-order chi connectivity index (χ1) is 11.1. The molecule has 0 radical (unpaired) electrons. The lowest BCUT2D eigenvalue weighted by Crippen LogP contribution is -2.24. The molecule has 0 atom stereocenters. The van der Waals surface area contributed by atoms with Gasteiger partial charge in [-0.15, -0.1) is 5.10 Å². The van der Waals surface area contributed by atoms with Crippen LogP contribution in [0, 0.1) is 0 Å². The fourth-order valence-electron chi connectivity index (χ4n) is 2.48. The van der Waals surface area contributed by atoms with E-state index in [4.69, 9.17) is 4.42 Å². The number of furan rings is 1. The number of aromatic nitrogens is 3. The molecule has 0 bridgehead atoms. The highest BCUT2D eigenvalue weighted by Crippen LogP contribution is 2.31. The molecule has 0 saturated heterocycles. The summed E-state index contributed by atoms with van der Waals surface area (Å²) in [5.41, 5.74) is 1.14. The van der Waals surface area contributed by atoms with Gasteiger partial charge in [-0.05, 0) is 46.3 Å². The lowest BCUT2D eigenvalue weighted by atomic mass is 10.2.